The zero-order valence-electron chi connectivity index (χ0n) is 11.6. The smallest absolute Gasteiger partial charge is 0.103 e. The zero-order chi connectivity index (χ0) is 13.9. The number of nitriles is 1. The minimum Gasteiger partial charge on any atom is -0.302 e. The third-order valence-corrected chi connectivity index (χ3v) is 4.65. The Balaban J connectivity index is 2.13. The van der Waals surface area contributed by atoms with Crippen LogP contribution in [0.1, 0.15) is 36.7 Å². The highest BCUT2D eigenvalue weighted by Crippen LogP contribution is 2.30. The van der Waals surface area contributed by atoms with Crippen LogP contribution in [0.2, 0.25) is 0 Å². The molecule has 20 heavy (non-hydrogen) atoms. The molecule has 102 valence electrons. The van der Waals surface area contributed by atoms with E-state index in [0.717, 1.165) is 34.7 Å². The van der Waals surface area contributed by atoms with E-state index < -0.39 is 0 Å². The molecule has 1 heterocycles. The number of imidazole rings is 1. The summed E-state index contributed by atoms with van der Waals surface area (Å²) in [5.74, 6) is 0.972. The van der Waals surface area contributed by atoms with E-state index in [-0.39, 0.29) is 0 Å². The summed E-state index contributed by atoms with van der Waals surface area (Å²) in [5, 5.41) is 9.53. The Morgan fingerprint density at radius 1 is 1.35 bits per heavy atom. The third kappa shape index (κ3) is 2.23. The van der Waals surface area contributed by atoms with Crippen molar-refractivity contribution in [2.24, 2.45) is 0 Å². The van der Waals surface area contributed by atoms with Gasteiger partial charge in [-0.25, -0.2) is 4.98 Å². The average molecular weight is 283 g/mol. The van der Waals surface area contributed by atoms with Crippen molar-refractivity contribution in [3.8, 4) is 11.8 Å². The van der Waals surface area contributed by atoms with Crippen LogP contribution in [0.15, 0.2) is 29.4 Å². The molecular weight excluding hydrogens is 266 g/mol. The molecule has 0 saturated carbocycles. The van der Waals surface area contributed by atoms with Gasteiger partial charge in [0.1, 0.15) is 6.07 Å². The molecule has 3 rings (SSSR count). The first-order valence-electron chi connectivity index (χ1n) is 7.06. The van der Waals surface area contributed by atoms with E-state index in [1.807, 2.05) is 24.5 Å². The van der Waals surface area contributed by atoms with Crippen molar-refractivity contribution < 1.29 is 0 Å². The van der Waals surface area contributed by atoms with Crippen molar-refractivity contribution in [1.82, 2.24) is 9.55 Å². The highest BCUT2D eigenvalue weighted by atomic mass is 32.2. The molecule has 0 spiro atoms. The van der Waals surface area contributed by atoms with Gasteiger partial charge in [-0.15, -0.1) is 11.8 Å². The molecule has 4 heteroatoms. The van der Waals surface area contributed by atoms with Crippen LogP contribution in [0.3, 0.4) is 0 Å². The Bertz CT molecular complexity index is 667. The molecule has 0 aliphatic heterocycles. The van der Waals surface area contributed by atoms with E-state index in [1.165, 1.54) is 24.2 Å². The number of aryl methyl sites for hydroxylation is 1. The van der Waals surface area contributed by atoms with Crippen LogP contribution in [0.4, 0.5) is 0 Å². The fourth-order valence-corrected chi connectivity index (χ4v) is 3.57. The predicted molar refractivity (Wildman–Crippen MR) is 81.3 cm³/mol. The molecule has 0 atom stereocenters. The van der Waals surface area contributed by atoms with Crippen molar-refractivity contribution >= 4 is 11.8 Å². The molecule has 2 aromatic rings. The van der Waals surface area contributed by atoms with E-state index in [2.05, 4.69) is 22.5 Å². The van der Waals surface area contributed by atoms with Gasteiger partial charge >= 0.3 is 0 Å². The number of thioether (sulfide) groups is 1. The molecule has 0 unspecified atom stereocenters. The van der Waals surface area contributed by atoms with E-state index >= 15 is 0 Å². The first-order chi connectivity index (χ1) is 9.85. The first-order valence-corrected chi connectivity index (χ1v) is 8.05. The zero-order valence-corrected chi connectivity index (χ0v) is 12.4. The molecule has 0 N–H and O–H groups in total. The fraction of sp³-hybridized carbons (Fsp3) is 0.375. The van der Waals surface area contributed by atoms with E-state index in [1.54, 1.807) is 11.8 Å². The molecule has 0 amide bonds. The summed E-state index contributed by atoms with van der Waals surface area (Å²) in [6.45, 7) is 2.11. The Morgan fingerprint density at radius 2 is 2.20 bits per heavy atom. The monoisotopic (exact) mass is 283 g/mol. The van der Waals surface area contributed by atoms with Crippen LogP contribution in [0.5, 0.6) is 0 Å². The largest absolute Gasteiger partial charge is 0.302 e. The quantitative estimate of drug-likeness (QED) is 0.806. The molecule has 1 aliphatic rings. The highest BCUT2D eigenvalue weighted by molar-refractivity contribution is 7.99. The Kier molecular flexibility index (Phi) is 3.79. The normalized spacial score (nSPS) is 13.8. The Hall–Kier alpha value is -1.73. The SMILES string of the molecule is CCSc1cccc(-n2cnc3c2CCCC3)c1C#N. The molecular formula is C16H17N3S. The number of aromatic nitrogens is 2. The molecule has 1 aromatic heterocycles. The van der Waals surface area contributed by atoms with Gasteiger partial charge in [-0.2, -0.15) is 5.26 Å². The summed E-state index contributed by atoms with van der Waals surface area (Å²) in [7, 11) is 0. The highest BCUT2D eigenvalue weighted by Gasteiger charge is 2.18. The number of fused-ring (bicyclic) bond motifs is 1. The number of hydrogen-bond acceptors (Lipinski definition) is 3. The van der Waals surface area contributed by atoms with Crippen molar-refractivity contribution in [1.29, 1.82) is 5.26 Å². The van der Waals surface area contributed by atoms with Crippen LogP contribution >= 0.6 is 11.8 Å². The molecule has 1 aliphatic carbocycles. The van der Waals surface area contributed by atoms with Gasteiger partial charge in [0, 0.05) is 10.6 Å². The maximum Gasteiger partial charge on any atom is 0.103 e. The molecule has 0 bridgehead atoms. The van der Waals surface area contributed by atoms with Gasteiger partial charge in [0.25, 0.3) is 0 Å². The fourth-order valence-electron chi connectivity index (χ4n) is 2.79. The summed E-state index contributed by atoms with van der Waals surface area (Å²) in [5.41, 5.74) is 4.23. The number of benzene rings is 1. The summed E-state index contributed by atoms with van der Waals surface area (Å²) in [6.07, 6.45) is 6.44. The lowest BCUT2D eigenvalue weighted by Gasteiger charge is -2.16. The number of hydrogen-bond donors (Lipinski definition) is 0. The first kappa shape index (κ1) is 13.3. The maximum atomic E-state index is 9.53. The molecule has 0 fully saturated rings. The van der Waals surface area contributed by atoms with E-state index in [0.29, 0.717) is 0 Å². The predicted octanol–water partition coefficient (Wildman–Crippen LogP) is 3.73. The minimum atomic E-state index is 0.769. The van der Waals surface area contributed by atoms with Crippen LogP contribution in [-0.4, -0.2) is 15.3 Å². The van der Waals surface area contributed by atoms with Crippen molar-refractivity contribution in [3.05, 3.63) is 41.5 Å². The van der Waals surface area contributed by atoms with Gasteiger partial charge in [-0.3, -0.25) is 0 Å². The van der Waals surface area contributed by atoms with E-state index in [4.69, 9.17) is 0 Å². The van der Waals surface area contributed by atoms with Crippen molar-refractivity contribution in [3.63, 3.8) is 0 Å². The lowest BCUT2D eigenvalue weighted by molar-refractivity contribution is 0.655. The van der Waals surface area contributed by atoms with Crippen LogP contribution in [0, 0.1) is 11.3 Å². The lowest BCUT2D eigenvalue weighted by atomic mass is 10.0. The summed E-state index contributed by atoms with van der Waals surface area (Å²) >= 11 is 1.72. The van der Waals surface area contributed by atoms with Crippen LogP contribution in [-0.2, 0) is 12.8 Å². The summed E-state index contributed by atoms with van der Waals surface area (Å²) in [6, 6.07) is 8.46. The van der Waals surface area contributed by atoms with Crippen LogP contribution < -0.4 is 0 Å². The maximum absolute atomic E-state index is 9.53. The number of rotatable bonds is 3. The topological polar surface area (TPSA) is 41.6 Å². The summed E-state index contributed by atoms with van der Waals surface area (Å²) in [4.78, 5) is 5.59. The standard InChI is InChI=1S/C16H17N3S/c1-2-20-16-9-5-8-14(12(16)10-17)19-11-18-13-6-3-4-7-15(13)19/h5,8-9,11H,2-4,6-7H2,1H3. The van der Waals surface area contributed by atoms with Crippen LogP contribution in [0.25, 0.3) is 5.69 Å². The third-order valence-electron chi connectivity index (χ3n) is 3.71. The molecule has 3 nitrogen and oxygen atoms in total. The second-order valence-electron chi connectivity index (χ2n) is 4.91. The molecule has 0 saturated heterocycles. The van der Waals surface area contributed by atoms with Crippen molar-refractivity contribution in [2.45, 2.75) is 37.5 Å². The summed E-state index contributed by atoms with van der Waals surface area (Å²) < 4.78 is 2.12. The second-order valence-corrected chi connectivity index (χ2v) is 6.22. The van der Waals surface area contributed by atoms with Gasteiger partial charge in [0.15, 0.2) is 0 Å². The van der Waals surface area contributed by atoms with E-state index in [9.17, 15) is 5.26 Å². The van der Waals surface area contributed by atoms with Gasteiger partial charge in [0.2, 0.25) is 0 Å². The second kappa shape index (κ2) is 5.72. The molecule has 1 aromatic carbocycles. The molecule has 0 radical (unpaired) electrons. The Morgan fingerprint density at radius 3 is 3.00 bits per heavy atom. The van der Waals surface area contributed by atoms with Gasteiger partial charge in [-0.1, -0.05) is 13.0 Å². The van der Waals surface area contributed by atoms with Gasteiger partial charge in [0.05, 0.1) is 23.3 Å². The van der Waals surface area contributed by atoms with Gasteiger partial charge in [-0.05, 0) is 43.6 Å². The lowest BCUT2D eigenvalue weighted by Crippen LogP contribution is -2.08. The average Bonchev–Trinajstić information content (AvgIpc) is 2.91. The minimum absolute atomic E-state index is 0.769. The van der Waals surface area contributed by atoms with Crippen molar-refractivity contribution in [2.75, 3.05) is 5.75 Å². The van der Waals surface area contributed by atoms with Gasteiger partial charge < -0.3 is 4.57 Å². The Labute approximate surface area is 123 Å². The number of nitrogens with zero attached hydrogens (tertiary/aromatic N) is 3.